The lowest BCUT2D eigenvalue weighted by atomic mass is 10.0. The highest BCUT2D eigenvalue weighted by molar-refractivity contribution is 7.99. The second-order valence-electron chi connectivity index (χ2n) is 9.17. The van der Waals surface area contributed by atoms with E-state index >= 15 is 0 Å². The molecule has 0 saturated carbocycles. The van der Waals surface area contributed by atoms with E-state index in [2.05, 4.69) is 27.4 Å². The van der Waals surface area contributed by atoms with Crippen LogP contribution < -0.4 is 10.6 Å². The Morgan fingerprint density at radius 2 is 1.81 bits per heavy atom. The maximum atomic E-state index is 13.0. The minimum absolute atomic E-state index is 0.0639. The molecule has 1 atom stereocenters. The molecule has 0 spiro atoms. The number of aromatic nitrogens is 3. The highest BCUT2D eigenvalue weighted by Crippen LogP contribution is 2.27. The number of nitrogens with one attached hydrogen (secondary N) is 2. The molecule has 37 heavy (non-hydrogen) atoms. The average molecular weight is 514 g/mol. The molecule has 3 aromatic carbocycles. The van der Waals surface area contributed by atoms with Crippen LogP contribution >= 0.6 is 11.8 Å². The highest BCUT2D eigenvalue weighted by Gasteiger charge is 2.26. The number of allylic oxidation sites excluding steroid dienone is 1. The van der Waals surface area contributed by atoms with Crippen molar-refractivity contribution < 1.29 is 9.59 Å². The maximum Gasteiger partial charge on any atom is 0.251 e. The number of amides is 2. The number of carbonyl (C=O) groups excluding carboxylic acids is 2. The number of rotatable bonds is 10. The molecule has 0 radical (unpaired) electrons. The van der Waals surface area contributed by atoms with Gasteiger partial charge in [-0.05, 0) is 36.4 Å². The van der Waals surface area contributed by atoms with Gasteiger partial charge in [-0.3, -0.25) is 9.59 Å². The third-order valence-corrected chi connectivity index (χ3v) is 6.93. The van der Waals surface area contributed by atoms with Gasteiger partial charge in [0.1, 0.15) is 0 Å². The van der Waals surface area contributed by atoms with Crippen molar-refractivity contribution in [2.24, 2.45) is 5.92 Å². The zero-order valence-corrected chi connectivity index (χ0v) is 22.1. The standard InChI is InChI=1S/C29H31N5O2S/c1-5-16-34-27(26(19(2)3)31-28(36)22-13-8-10-20(4)17-22)32-33-29(34)37-18-25(35)30-24-15-9-12-21-11-6-7-14-23(21)24/h5-15,17,19,26H,1,16,18H2,2-4H3,(H,30,35)(H,31,36)/t26-/m1/s1. The monoisotopic (exact) mass is 513 g/mol. The Labute approximate surface area is 221 Å². The van der Waals surface area contributed by atoms with E-state index < -0.39 is 0 Å². The van der Waals surface area contributed by atoms with E-state index in [1.807, 2.05) is 86.0 Å². The van der Waals surface area contributed by atoms with Crippen LogP contribution in [0.5, 0.6) is 0 Å². The van der Waals surface area contributed by atoms with Crippen molar-refractivity contribution in [3.05, 3.63) is 96.3 Å². The molecule has 4 rings (SSSR count). The number of benzene rings is 3. The summed E-state index contributed by atoms with van der Waals surface area (Å²) >= 11 is 1.30. The van der Waals surface area contributed by atoms with Crippen LogP contribution in [0.4, 0.5) is 5.69 Å². The van der Waals surface area contributed by atoms with Crippen LogP contribution in [0.1, 0.15) is 41.6 Å². The first-order valence-electron chi connectivity index (χ1n) is 12.2. The number of anilines is 1. The molecule has 2 N–H and O–H groups in total. The molecule has 1 heterocycles. The Hall–Kier alpha value is -3.91. The molecule has 7 nitrogen and oxygen atoms in total. The van der Waals surface area contributed by atoms with E-state index in [1.165, 1.54) is 11.8 Å². The number of fused-ring (bicyclic) bond motifs is 1. The Balaban J connectivity index is 1.50. The number of aryl methyl sites for hydroxylation is 1. The molecule has 0 aliphatic heterocycles. The number of thioether (sulfide) groups is 1. The van der Waals surface area contributed by atoms with Crippen LogP contribution in [0.3, 0.4) is 0 Å². The van der Waals surface area contributed by atoms with Crippen LogP contribution in [0.25, 0.3) is 10.8 Å². The predicted molar refractivity (Wildman–Crippen MR) is 150 cm³/mol. The van der Waals surface area contributed by atoms with E-state index in [4.69, 9.17) is 0 Å². The SMILES string of the molecule is C=CCn1c(SCC(=O)Nc2cccc3ccccc23)nnc1[C@H](NC(=O)c1cccc(C)c1)C(C)C. The lowest BCUT2D eigenvalue weighted by Crippen LogP contribution is -2.34. The van der Waals surface area contributed by atoms with Gasteiger partial charge >= 0.3 is 0 Å². The highest BCUT2D eigenvalue weighted by atomic mass is 32.2. The molecule has 4 aromatic rings. The fourth-order valence-electron chi connectivity index (χ4n) is 4.13. The molecule has 0 aliphatic carbocycles. The zero-order valence-electron chi connectivity index (χ0n) is 21.3. The van der Waals surface area contributed by atoms with Gasteiger partial charge in [-0.15, -0.1) is 16.8 Å². The van der Waals surface area contributed by atoms with Crippen molar-refractivity contribution in [2.75, 3.05) is 11.1 Å². The molecule has 2 amide bonds. The van der Waals surface area contributed by atoms with Crippen LogP contribution in [-0.2, 0) is 11.3 Å². The number of hydrogen-bond acceptors (Lipinski definition) is 5. The van der Waals surface area contributed by atoms with Crippen LogP contribution in [0, 0.1) is 12.8 Å². The van der Waals surface area contributed by atoms with Crippen molar-refractivity contribution in [2.45, 2.75) is 38.5 Å². The fourth-order valence-corrected chi connectivity index (χ4v) is 4.88. The van der Waals surface area contributed by atoms with E-state index in [0.717, 1.165) is 22.0 Å². The molecule has 190 valence electrons. The van der Waals surface area contributed by atoms with Gasteiger partial charge in [0.15, 0.2) is 11.0 Å². The summed E-state index contributed by atoms with van der Waals surface area (Å²) in [6.07, 6.45) is 1.76. The van der Waals surface area contributed by atoms with Crippen LogP contribution in [-0.4, -0.2) is 32.3 Å². The molecular weight excluding hydrogens is 482 g/mol. The van der Waals surface area contributed by atoms with Gasteiger partial charge in [0.25, 0.3) is 5.91 Å². The largest absolute Gasteiger partial charge is 0.342 e. The quantitative estimate of drug-likeness (QED) is 0.207. The van der Waals surface area contributed by atoms with Gasteiger partial charge in [0.05, 0.1) is 11.8 Å². The Morgan fingerprint density at radius 1 is 1.05 bits per heavy atom. The van der Waals surface area contributed by atoms with Crippen molar-refractivity contribution >= 4 is 40.0 Å². The summed E-state index contributed by atoms with van der Waals surface area (Å²) in [5.74, 6) is 0.561. The first kappa shape index (κ1) is 26.2. The molecule has 8 heteroatoms. The van der Waals surface area contributed by atoms with Crippen molar-refractivity contribution in [1.29, 1.82) is 0 Å². The molecule has 0 fully saturated rings. The van der Waals surface area contributed by atoms with Crippen molar-refractivity contribution in [3.8, 4) is 0 Å². The number of hydrogen-bond donors (Lipinski definition) is 2. The first-order valence-corrected chi connectivity index (χ1v) is 13.2. The van der Waals surface area contributed by atoms with Crippen LogP contribution in [0.15, 0.2) is 84.5 Å². The summed E-state index contributed by atoms with van der Waals surface area (Å²) in [5.41, 5.74) is 2.39. The second-order valence-corrected chi connectivity index (χ2v) is 10.1. The van der Waals surface area contributed by atoms with Gasteiger partial charge in [0, 0.05) is 23.2 Å². The third kappa shape index (κ3) is 6.27. The summed E-state index contributed by atoms with van der Waals surface area (Å²) in [6, 6.07) is 20.9. The normalized spacial score (nSPS) is 11.9. The summed E-state index contributed by atoms with van der Waals surface area (Å²) < 4.78 is 1.91. The van der Waals surface area contributed by atoms with Gasteiger partial charge in [0.2, 0.25) is 5.91 Å². The molecule has 0 unspecified atom stereocenters. The Morgan fingerprint density at radius 3 is 2.57 bits per heavy atom. The third-order valence-electron chi connectivity index (χ3n) is 5.96. The van der Waals surface area contributed by atoms with E-state index in [0.29, 0.717) is 23.1 Å². The van der Waals surface area contributed by atoms with Crippen molar-refractivity contribution in [1.82, 2.24) is 20.1 Å². The summed E-state index contributed by atoms with van der Waals surface area (Å²) in [7, 11) is 0. The van der Waals surface area contributed by atoms with Crippen LogP contribution in [0.2, 0.25) is 0 Å². The van der Waals surface area contributed by atoms with Gasteiger partial charge in [-0.25, -0.2) is 0 Å². The molecular formula is C29H31N5O2S. The lowest BCUT2D eigenvalue weighted by Gasteiger charge is -2.22. The average Bonchev–Trinajstić information content (AvgIpc) is 3.28. The molecule has 1 aromatic heterocycles. The summed E-state index contributed by atoms with van der Waals surface area (Å²) in [6.45, 7) is 10.3. The summed E-state index contributed by atoms with van der Waals surface area (Å²) in [5, 5.41) is 17.6. The smallest absolute Gasteiger partial charge is 0.251 e. The number of carbonyl (C=O) groups is 2. The Kier molecular flexibility index (Phi) is 8.40. The molecule has 0 aliphatic rings. The van der Waals surface area contributed by atoms with E-state index in [-0.39, 0.29) is 29.5 Å². The summed E-state index contributed by atoms with van der Waals surface area (Å²) in [4.78, 5) is 25.8. The maximum absolute atomic E-state index is 13.0. The second kappa shape index (κ2) is 11.9. The van der Waals surface area contributed by atoms with Gasteiger partial charge in [-0.2, -0.15) is 0 Å². The topological polar surface area (TPSA) is 88.9 Å². The van der Waals surface area contributed by atoms with E-state index in [9.17, 15) is 9.59 Å². The first-order chi connectivity index (χ1) is 17.9. The fraction of sp³-hybridized carbons (Fsp3) is 0.241. The minimum atomic E-state index is -0.362. The molecule has 0 bridgehead atoms. The van der Waals surface area contributed by atoms with Gasteiger partial charge < -0.3 is 15.2 Å². The van der Waals surface area contributed by atoms with Crippen molar-refractivity contribution in [3.63, 3.8) is 0 Å². The zero-order chi connectivity index (χ0) is 26.4. The minimum Gasteiger partial charge on any atom is -0.342 e. The predicted octanol–water partition coefficient (Wildman–Crippen LogP) is 5.78. The number of nitrogens with zero attached hydrogens (tertiary/aromatic N) is 3. The lowest BCUT2D eigenvalue weighted by molar-refractivity contribution is -0.113. The van der Waals surface area contributed by atoms with Gasteiger partial charge in [-0.1, -0.05) is 85.8 Å². The molecule has 0 saturated heterocycles. The van der Waals surface area contributed by atoms with E-state index in [1.54, 1.807) is 12.1 Å². The Bertz CT molecular complexity index is 1420.